The Kier molecular flexibility index (Phi) is 17.3. The molecule has 2 nitrogen and oxygen atoms in total. The summed E-state index contributed by atoms with van der Waals surface area (Å²) in [6.07, 6.45) is 28.8. The van der Waals surface area contributed by atoms with Gasteiger partial charge in [0.2, 0.25) is 7.37 Å². The lowest BCUT2D eigenvalue weighted by Crippen LogP contribution is -2.25. The van der Waals surface area contributed by atoms with Crippen LogP contribution >= 0.6 is 17.3 Å². The highest BCUT2D eigenvalue weighted by Crippen LogP contribution is 2.63. The van der Waals surface area contributed by atoms with Crippen molar-refractivity contribution in [3.8, 4) is 0 Å². The zero-order valence-corrected chi connectivity index (χ0v) is 22.7. The molecule has 2 saturated carbocycles. The summed E-state index contributed by atoms with van der Waals surface area (Å²) < 4.78 is 20.4. The Hall–Kier alpha value is 0.620. The van der Waals surface area contributed by atoms with E-state index in [1.54, 1.807) is 0 Å². The molecule has 1 atom stereocenters. The van der Waals surface area contributed by atoms with E-state index in [4.69, 9.17) is 4.52 Å². The molecule has 0 aliphatic heterocycles. The van der Waals surface area contributed by atoms with Gasteiger partial charge in [-0.15, -0.1) is 0 Å². The Bertz CT molecular complexity index is 407. The van der Waals surface area contributed by atoms with Gasteiger partial charge in [0.05, 0.1) is 6.61 Å². The van der Waals surface area contributed by atoms with E-state index in [1.165, 1.54) is 109 Å². The van der Waals surface area contributed by atoms with Crippen molar-refractivity contribution in [3.05, 3.63) is 0 Å². The minimum Gasteiger partial charge on any atom is -0.328 e. The van der Waals surface area contributed by atoms with Gasteiger partial charge in [-0.3, -0.25) is 4.57 Å². The molecule has 0 amide bonds. The van der Waals surface area contributed by atoms with E-state index in [2.05, 4.69) is 6.92 Å². The first-order valence-electron chi connectivity index (χ1n) is 13.5. The lowest BCUT2D eigenvalue weighted by atomic mass is 10.00. The van der Waals surface area contributed by atoms with E-state index < -0.39 is 7.37 Å². The molecule has 30 heavy (non-hydrogen) atoms. The van der Waals surface area contributed by atoms with Crippen LogP contribution in [0.3, 0.4) is 0 Å². The average molecular weight is 461 g/mol. The first kappa shape index (κ1) is 28.7. The molecule has 0 heterocycles. The quantitative estimate of drug-likeness (QED) is 0.169. The summed E-state index contributed by atoms with van der Waals surface area (Å²) in [6.45, 7) is 3.04. The van der Waals surface area contributed by atoms with Crippen LogP contribution in [-0.2, 0) is 9.09 Å². The Morgan fingerprint density at radius 1 is 0.600 bits per heavy atom. The second-order valence-corrected chi connectivity index (χ2v) is 13.0. The summed E-state index contributed by atoms with van der Waals surface area (Å²) in [4.78, 5) is 0. The zero-order valence-electron chi connectivity index (χ0n) is 20.4. The highest BCUT2D eigenvalue weighted by molar-refractivity contribution is 7.60. The molecule has 0 aromatic rings. The molecule has 0 aromatic heterocycles. The van der Waals surface area contributed by atoms with Crippen LogP contribution in [0.2, 0.25) is 0 Å². The molecular formula is C26H54O2P2. The maximum Gasteiger partial charge on any atom is 0.209 e. The largest absolute Gasteiger partial charge is 0.328 e. The standard InChI is InChI=1S/C26H51O2P.H3P/c1-2-3-4-5-6-7-8-9-10-11-12-19-24-28-29(27,25-20-15-13-16-21-25)26-22-17-14-18-23-26;/h25-26H,2-24H2,1H3;1H3. The van der Waals surface area contributed by atoms with Gasteiger partial charge in [0.15, 0.2) is 0 Å². The van der Waals surface area contributed by atoms with Crippen LogP contribution in [0.4, 0.5) is 0 Å². The molecule has 0 radical (unpaired) electrons. The molecule has 2 rings (SSSR count). The van der Waals surface area contributed by atoms with Crippen LogP contribution in [-0.4, -0.2) is 17.9 Å². The number of unbranched alkanes of at least 4 members (excludes halogenated alkanes) is 11. The van der Waals surface area contributed by atoms with Crippen LogP contribution < -0.4 is 0 Å². The second-order valence-electron chi connectivity index (χ2n) is 9.95. The van der Waals surface area contributed by atoms with Gasteiger partial charge in [-0.25, -0.2) is 0 Å². The van der Waals surface area contributed by atoms with Crippen LogP contribution in [0.15, 0.2) is 0 Å². The van der Waals surface area contributed by atoms with E-state index in [0.717, 1.165) is 38.7 Å². The fraction of sp³-hybridized carbons (Fsp3) is 1.00. The molecule has 0 N–H and O–H groups in total. The molecule has 2 aliphatic rings. The van der Waals surface area contributed by atoms with Crippen molar-refractivity contribution < 1.29 is 9.09 Å². The first-order chi connectivity index (χ1) is 14.3. The Balaban J connectivity index is 0.00000450. The molecule has 0 bridgehead atoms. The third-order valence-corrected chi connectivity index (χ3v) is 11.1. The Morgan fingerprint density at radius 3 is 1.37 bits per heavy atom. The van der Waals surface area contributed by atoms with E-state index in [0.29, 0.717) is 11.3 Å². The maximum atomic E-state index is 14.0. The minimum atomic E-state index is -2.45. The molecule has 0 saturated heterocycles. The molecule has 2 fully saturated rings. The molecule has 2 aliphatic carbocycles. The predicted octanol–water partition coefficient (Wildman–Crippen LogP) is 9.71. The summed E-state index contributed by atoms with van der Waals surface area (Å²) in [5.41, 5.74) is 0.772. The third-order valence-electron chi connectivity index (χ3n) is 7.46. The molecular weight excluding hydrogens is 406 g/mol. The zero-order chi connectivity index (χ0) is 20.6. The summed E-state index contributed by atoms with van der Waals surface area (Å²) in [7, 11) is -2.45. The van der Waals surface area contributed by atoms with Gasteiger partial charge < -0.3 is 4.52 Å². The van der Waals surface area contributed by atoms with Crippen LogP contribution in [0.5, 0.6) is 0 Å². The van der Waals surface area contributed by atoms with Gasteiger partial charge in [-0.2, -0.15) is 9.90 Å². The van der Waals surface area contributed by atoms with Crippen molar-refractivity contribution in [2.75, 3.05) is 6.61 Å². The van der Waals surface area contributed by atoms with Crippen molar-refractivity contribution in [3.63, 3.8) is 0 Å². The van der Waals surface area contributed by atoms with Crippen molar-refractivity contribution in [2.24, 2.45) is 0 Å². The van der Waals surface area contributed by atoms with Crippen molar-refractivity contribution in [1.29, 1.82) is 0 Å². The summed E-state index contributed by atoms with van der Waals surface area (Å²) in [5.74, 6) is 0. The normalized spacial score (nSPS) is 19.0. The average Bonchev–Trinajstić information content (AvgIpc) is 2.78. The topological polar surface area (TPSA) is 26.3 Å². The second kappa shape index (κ2) is 18.1. The highest BCUT2D eigenvalue weighted by atomic mass is 31.2. The monoisotopic (exact) mass is 460 g/mol. The minimum absolute atomic E-state index is 0. The maximum absolute atomic E-state index is 14.0. The Morgan fingerprint density at radius 2 is 0.967 bits per heavy atom. The van der Waals surface area contributed by atoms with Gasteiger partial charge in [0.1, 0.15) is 0 Å². The molecule has 1 unspecified atom stereocenters. The van der Waals surface area contributed by atoms with Gasteiger partial charge in [-0.05, 0) is 32.1 Å². The van der Waals surface area contributed by atoms with Crippen molar-refractivity contribution >= 4 is 17.3 Å². The lowest BCUT2D eigenvalue weighted by Gasteiger charge is -2.37. The summed E-state index contributed by atoms with van der Waals surface area (Å²) >= 11 is 0. The van der Waals surface area contributed by atoms with Crippen molar-refractivity contribution in [1.82, 2.24) is 0 Å². The van der Waals surface area contributed by atoms with Crippen molar-refractivity contribution in [2.45, 2.75) is 159 Å². The molecule has 0 spiro atoms. The van der Waals surface area contributed by atoms with E-state index >= 15 is 0 Å². The predicted molar refractivity (Wildman–Crippen MR) is 139 cm³/mol. The smallest absolute Gasteiger partial charge is 0.209 e. The number of hydrogen-bond acceptors (Lipinski definition) is 2. The van der Waals surface area contributed by atoms with Crippen LogP contribution in [0.1, 0.15) is 148 Å². The number of rotatable bonds is 16. The fourth-order valence-corrected chi connectivity index (χ4v) is 9.14. The SMILES string of the molecule is CCCCCCCCCCCCCCOP(=O)(C1CCCCC1)C1CCCCC1.P. The van der Waals surface area contributed by atoms with Gasteiger partial charge in [-0.1, -0.05) is 116 Å². The fourth-order valence-electron chi connectivity index (χ4n) is 5.54. The van der Waals surface area contributed by atoms with Gasteiger partial charge in [0, 0.05) is 11.3 Å². The van der Waals surface area contributed by atoms with E-state index in [1.807, 2.05) is 0 Å². The van der Waals surface area contributed by atoms with E-state index in [-0.39, 0.29) is 9.90 Å². The van der Waals surface area contributed by atoms with Crippen LogP contribution in [0.25, 0.3) is 0 Å². The van der Waals surface area contributed by atoms with E-state index in [9.17, 15) is 4.57 Å². The molecule has 180 valence electrons. The third kappa shape index (κ3) is 11.0. The molecule has 4 heteroatoms. The van der Waals surface area contributed by atoms with Gasteiger partial charge >= 0.3 is 0 Å². The van der Waals surface area contributed by atoms with Crippen LogP contribution in [0, 0.1) is 0 Å². The highest BCUT2D eigenvalue weighted by Gasteiger charge is 2.42. The molecule has 0 aromatic carbocycles. The Labute approximate surface area is 192 Å². The lowest BCUT2D eigenvalue weighted by molar-refractivity contribution is 0.273. The number of hydrogen-bond donors (Lipinski definition) is 0. The summed E-state index contributed by atoms with van der Waals surface area (Å²) in [6, 6.07) is 0. The first-order valence-corrected chi connectivity index (χ1v) is 15.3. The summed E-state index contributed by atoms with van der Waals surface area (Å²) in [5, 5.41) is 0. The van der Waals surface area contributed by atoms with Gasteiger partial charge in [0.25, 0.3) is 0 Å².